The number of sulfonamides is 1. The Balaban J connectivity index is 2.26. The van der Waals surface area contributed by atoms with Crippen LogP contribution in [0.3, 0.4) is 0 Å². The lowest BCUT2D eigenvalue weighted by Gasteiger charge is -2.29. The van der Waals surface area contributed by atoms with Gasteiger partial charge in [-0.3, -0.25) is 0 Å². The molecule has 0 amide bonds. The van der Waals surface area contributed by atoms with E-state index in [1.54, 1.807) is 0 Å². The van der Waals surface area contributed by atoms with E-state index in [1.807, 2.05) is 0 Å². The predicted octanol–water partition coefficient (Wildman–Crippen LogP) is -0.191. The van der Waals surface area contributed by atoms with E-state index in [0.29, 0.717) is 19.4 Å². The van der Waals surface area contributed by atoms with Gasteiger partial charge in [-0.1, -0.05) is 0 Å². The lowest BCUT2D eigenvalue weighted by Crippen LogP contribution is -2.42. The Morgan fingerprint density at radius 2 is 2.24 bits per heavy atom. The number of β-amino-alcohol motifs (C(OH)–C–C–N with tert-alkyl or cyclic N) is 1. The lowest BCUT2D eigenvalue weighted by molar-refractivity contribution is 0.108. The average Bonchev–Trinajstić information content (AvgIpc) is 2.29. The van der Waals surface area contributed by atoms with Crippen LogP contribution in [-0.4, -0.2) is 42.0 Å². The minimum absolute atomic E-state index is 0.112. The van der Waals surface area contributed by atoms with E-state index in [2.05, 4.69) is 4.98 Å². The predicted molar refractivity (Wildman–Crippen MR) is 62.6 cm³/mol. The molecule has 1 saturated heterocycles. The van der Waals surface area contributed by atoms with Crippen molar-refractivity contribution in [1.82, 2.24) is 9.29 Å². The third-order valence-electron chi connectivity index (χ3n) is 2.76. The SMILES string of the molecule is Nc1ccc(S(=O)(=O)N2CCC[C@H](O)C2)cn1. The number of hydrogen-bond donors (Lipinski definition) is 2. The maximum Gasteiger partial charge on any atom is 0.244 e. The van der Waals surface area contributed by atoms with Crippen molar-refractivity contribution in [3.63, 3.8) is 0 Å². The maximum atomic E-state index is 12.2. The van der Waals surface area contributed by atoms with Crippen molar-refractivity contribution in [3.05, 3.63) is 18.3 Å². The van der Waals surface area contributed by atoms with Crippen molar-refractivity contribution in [2.75, 3.05) is 18.8 Å². The van der Waals surface area contributed by atoms with Crippen LogP contribution in [0.5, 0.6) is 0 Å². The summed E-state index contributed by atoms with van der Waals surface area (Å²) in [6, 6.07) is 2.88. The molecule has 3 N–H and O–H groups in total. The fraction of sp³-hybridized carbons (Fsp3) is 0.500. The van der Waals surface area contributed by atoms with Crippen LogP contribution in [0.2, 0.25) is 0 Å². The minimum Gasteiger partial charge on any atom is -0.392 e. The first-order valence-corrected chi connectivity index (χ1v) is 6.84. The zero-order chi connectivity index (χ0) is 12.5. The first kappa shape index (κ1) is 12.3. The van der Waals surface area contributed by atoms with Gasteiger partial charge < -0.3 is 10.8 Å². The molecule has 1 atom stereocenters. The zero-order valence-corrected chi connectivity index (χ0v) is 10.1. The molecule has 7 heteroatoms. The van der Waals surface area contributed by atoms with E-state index in [4.69, 9.17) is 5.73 Å². The smallest absolute Gasteiger partial charge is 0.244 e. The summed E-state index contributed by atoms with van der Waals surface area (Å²) in [6.07, 6.45) is 1.97. The molecule has 0 saturated carbocycles. The van der Waals surface area contributed by atoms with E-state index in [0.717, 1.165) is 0 Å². The monoisotopic (exact) mass is 257 g/mol. The highest BCUT2D eigenvalue weighted by molar-refractivity contribution is 7.89. The Bertz CT molecular complexity index is 486. The summed E-state index contributed by atoms with van der Waals surface area (Å²) in [7, 11) is -3.56. The molecule has 17 heavy (non-hydrogen) atoms. The summed E-state index contributed by atoms with van der Waals surface area (Å²) in [4.78, 5) is 3.88. The van der Waals surface area contributed by atoms with Gasteiger partial charge in [-0.2, -0.15) is 4.31 Å². The van der Waals surface area contributed by atoms with Gasteiger partial charge >= 0.3 is 0 Å². The molecular weight excluding hydrogens is 242 g/mol. The van der Waals surface area contributed by atoms with Gasteiger partial charge in [0.15, 0.2) is 0 Å². The van der Waals surface area contributed by atoms with Gasteiger partial charge in [0.1, 0.15) is 10.7 Å². The zero-order valence-electron chi connectivity index (χ0n) is 9.28. The summed E-state index contributed by atoms with van der Waals surface area (Å²) in [6.45, 7) is 0.580. The number of pyridine rings is 1. The van der Waals surface area contributed by atoms with Crippen LogP contribution in [0.4, 0.5) is 5.82 Å². The Morgan fingerprint density at radius 1 is 1.47 bits per heavy atom. The Hall–Kier alpha value is -1.18. The number of nitrogens with zero attached hydrogens (tertiary/aromatic N) is 2. The third-order valence-corrected chi connectivity index (χ3v) is 4.60. The maximum absolute atomic E-state index is 12.2. The van der Waals surface area contributed by atoms with Crippen molar-refractivity contribution < 1.29 is 13.5 Å². The quantitative estimate of drug-likeness (QED) is 0.765. The second-order valence-electron chi connectivity index (χ2n) is 4.08. The molecule has 0 aliphatic carbocycles. The van der Waals surface area contributed by atoms with Crippen LogP contribution in [-0.2, 0) is 10.0 Å². The van der Waals surface area contributed by atoms with Gasteiger partial charge in [0.05, 0.1) is 6.10 Å². The molecule has 6 nitrogen and oxygen atoms in total. The number of aliphatic hydroxyl groups excluding tert-OH is 1. The fourth-order valence-electron chi connectivity index (χ4n) is 1.83. The Labute approximate surface area is 100 Å². The van der Waals surface area contributed by atoms with Crippen LogP contribution in [0.15, 0.2) is 23.2 Å². The number of anilines is 1. The van der Waals surface area contributed by atoms with Crippen LogP contribution in [0.1, 0.15) is 12.8 Å². The van der Waals surface area contributed by atoms with Gasteiger partial charge in [-0.15, -0.1) is 0 Å². The number of aromatic nitrogens is 1. The summed E-state index contributed by atoms with van der Waals surface area (Å²) in [5, 5.41) is 9.49. The van der Waals surface area contributed by atoms with E-state index in [-0.39, 0.29) is 17.3 Å². The standard InChI is InChI=1S/C10H15N3O3S/c11-10-4-3-9(6-12-10)17(15,16)13-5-1-2-8(14)7-13/h3-4,6,8,14H,1-2,5,7H2,(H2,11,12)/t8-/m0/s1. The van der Waals surface area contributed by atoms with Gasteiger partial charge in [0, 0.05) is 19.3 Å². The second kappa shape index (κ2) is 4.59. The highest BCUT2D eigenvalue weighted by Gasteiger charge is 2.29. The number of piperidine rings is 1. The van der Waals surface area contributed by atoms with Gasteiger partial charge in [0.25, 0.3) is 0 Å². The molecule has 0 radical (unpaired) electrons. The van der Waals surface area contributed by atoms with Crippen LogP contribution in [0, 0.1) is 0 Å². The summed E-state index contributed by atoms with van der Waals surface area (Å²) < 4.78 is 25.6. The van der Waals surface area contributed by atoms with Gasteiger partial charge in [-0.05, 0) is 25.0 Å². The number of hydrogen-bond acceptors (Lipinski definition) is 5. The van der Waals surface area contributed by atoms with E-state index < -0.39 is 16.1 Å². The molecule has 94 valence electrons. The summed E-state index contributed by atoms with van der Waals surface area (Å²) in [5.74, 6) is 0.280. The van der Waals surface area contributed by atoms with Crippen molar-refractivity contribution >= 4 is 15.8 Å². The topological polar surface area (TPSA) is 96.5 Å². The molecule has 0 unspecified atom stereocenters. The van der Waals surface area contributed by atoms with E-state index >= 15 is 0 Å². The minimum atomic E-state index is -3.56. The van der Waals surface area contributed by atoms with Crippen LogP contribution in [0.25, 0.3) is 0 Å². The van der Waals surface area contributed by atoms with Crippen molar-refractivity contribution in [1.29, 1.82) is 0 Å². The van der Waals surface area contributed by atoms with Gasteiger partial charge in [-0.25, -0.2) is 13.4 Å². The molecule has 1 aromatic heterocycles. The Morgan fingerprint density at radius 3 is 2.82 bits per heavy atom. The van der Waals surface area contributed by atoms with E-state index in [1.165, 1.54) is 22.6 Å². The van der Waals surface area contributed by atoms with Crippen molar-refractivity contribution in [3.8, 4) is 0 Å². The first-order chi connectivity index (χ1) is 8.00. The molecule has 0 spiro atoms. The first-order valence-electron chi connectivity index (χ1n) is 5.40. The number of nitrogens with two attached hydrogens (primary N) is 1. The lowest BCUT2D eigenvalue weighted by atomic mass is 10.1. The summed E-state index contributed by atoms with van der Waals surface area (Å²) >= 11 is 0. The largest absolute Gasteiger partial charge is 0.392 e. The molecule has 1 aromatic rings. The number of nitrogen functional groups attached to an aromatic ring is 1. The Kier molecular flexibility index (Phi) is 3.32. The van der Waals surface area contributed by atoms with Gasteiger partial charge in [0.2, 0.25) is 10.0 Å². The number of rotatable bonds is 2. The average molecular weight is 257 g/mol. The molecule has 0 aromatic carbocycles. The fourth-order valence-corrected chi connectivity index (χ4v) is 3.29. The van der Waals surface area contributed by atoms with Crippen molar-refractivity contribution in [2.24, 2.45) is 0 Å². The molecule has 1 aliphatic heterocycles. The third kappa shape index (κ3) is 2.56. The summed E-state index contributed by atoms with van der Waals surface area (Å²) in [5.41, 5.74) is 5.41. The molecule has 2 heterocycles. The highest BCUT2D eigenvalue weighted by Crippen LogP contribution is 2.20. The molecule has 2 rings (SSSR count). The van der Waals surface area contributed by atoms with Crippen molar-refractivity contribution in [2.45, 2.75) is 23.8 Å². The van der Waals surface area contributed by atoms with Crippen LogP contribution < -0.4 is 5.73 Å². The number of aliphatic hydroxyl groups is 1. The molecule has 1 fully saturated rings. The molecule has 0 bridgehead atoms. The van der Waals surface area contributed by atoms with E-state index in [9.17, 15) is 13.5 Å². The normalized spacial score (nSPS) is 22.5. The molecular formula is C10H15N3O3S. The van der Waals surface area contributed by atoms with Crippen LogP contribution >= 0.6 is 0 Å². The second-order valence-corrected chi connectivity index (χ2v) is 6.02. The highest BCUT2D eigenvalue weighted by atomic mass is 32.2. The molecule has 1 aliphatic rings.